The first kappa shape index (κ1) is 22.7. The predicted molar refractivity (Wildman–Crippen MR) is 140 cm³/mol. The van der Waals surface area contributed by atoms with Crippen LogP contribution in [0.5, 0.6) is 0 Å². The second-order valence-corrected chi connectivity index (χ2v) is 9.55. The Morgan fingerprint density at radius 2 is 1.61 bits per heavy atom. The van der Waals surface area contributed by atoms with Crippen molar-refractivity contribution in [3.05, 3.63) is 89.9 Å². The topological polar surface area (TPSA) is 56.6 Å². The molecule has 0 spiro atoms. The Kier molecular flexibility index (Phi) is 6.13. The highest BCUT2D eigenvalue weighted by molar-refractivity contribution is 5.97. The lowest BCUT2D eigenvalue weighted by Gasteiger charge is -2.36. The number of fused-ring (bicyclic) bond motifs is 2. The van der Waals surface area contributed by atoms with Crippen molar-refractivity contribution in [2.75, 3.05) is 49.5 Å². The van der Waals surface area contributed by atoms with Crippen molar-refractivity contribution in [1.29, 1.82) is 0 Å². The maximum atomic E-state index is 13.7. The summed E-state index contributed by atoms with van der Waals surface area (Å²) in [6, 6.07) is 20.5. The molecule has 0 atom stereocenters. The van der Waals surface area contributed by atoms with Gasteiger partial charge in [-0.3, -0.25) is 9.80 Å². The molecule has 2 aliphatic rings. The zero-order valence-electron chi connectivity index (χ0n) is 20.1. The van der Waals surface area contributed by atoms with Crippen molar-refractivity contribution in [2.45, 2.75) is 13.1 Å². The highest BCUT2D eigenvalue weighted by Crippen LogP contribution is 2.24. The average molecular weight is 485 g/mol. The minimum atomic E-state index is -0.415. The minimum Gasteiger partial charge on any atom is -0.369 e. The Balaban J connectivity index is 1.03. The van der Waals surface area contributed by atoms with E-state index < -0.39 is 11.8 Å². The minimum absolute atomic E-state index is 0.399. The first-order chi connectivity index (χ1) is 17.6. The average Bonchev–Trinajstić information content (AvgIpc) is 3.51. The van der Waals surface area contributed by atoms with Gasteiger partial charge in [-0.15, -0.1) is 0 Å². The summed E-state index contributed by atoms with van der Waals surface area (Å²) in [6.45, 7) is 8.19. The van der Waals surface area contributed by atoms with Gasteiger partial charge in [0, 0.05) is 75.2 Å². The molecule has 1 aromatic heterocycles. The van der Waals surface area contributed by atoms with Crippen LogP contribution in [0.2, 0.25) is 0 Å². The zero-order valence-corrected chi connectivity index (χ0v) is 20.1. The van der Waals surface area contributed by atoms with E-state index in [1.165, 1.54) is 27.9 Å². The third-order valence-corrected chi connectivity index (χ3v) is 7.20. The van der Waals surface area contributed by atoms with E-state index >= 15 is 0 Å². The molecule has 1 amide bonds. The molecule has 0 unspecified atom stereocenters. The van der Waals surface area contributed by atoms with Crippen LogP contribution in [0.4, 0.5) is 20.6 Å². The quantitative estimate of drug-likeness (QED) is 0.455. The molecular formula is C28H29FN6O. The second-order valence-electron chi connectivity index (χ2n) is 9.55. The van der Waals surface area contributed by atoms with Gasteiger partial charge in [-0.1, -0.05) is 30.3 Å². The number of carbonyl (C=O) groups excluding carboxylic acids is 1. The first-order valence-corrected chi connectivity index (χ1v) is 12.4. The van der Waals surface area contributed by atoms with Crippen molar-refractivity contribution in [3.8, 4) is 0 Å². The van der Waals surface area contributed by atoms with Crippen molar-refractivity contribution in [1.82, 2.24) is 19.6 Å². The molecule has 1 saturated heterocycles. The highest BCUT2D eigenvalue weighted by atomic mass is 19.1. The fourth-order valence-electron chi connectivity index (χ4n) is 5.18. The fraction of sp³-hybridized carbons (Fsp3) is 0.286. The van der Waals surface area contributed by atoms with Crippen LogP contribution in [0.15, 0.2) is 72.9 Å². The summed E-state index contributed by atoms with van der Waals surface area (Å²) >= 11 is 0. The Morgan fingerprint density at radius 1 is 0.861 bits per heavy atom. The monoisotopic (exact) mass is 484 g/mol. The van der Waals surface area contributed by atoms with Crippen molar-refractivity contribution in [2.24, 2.45) is 0 Å². The molecule has 3 aromatic carbocycles. The molecule has 6 rings (SSSR count). The van der Waals surface area contributed by atoms with Gasteiger partial charge in [-0.25, -0.2) is 9.18 Å². The predicted octanol–water partition coefficient (Wildman–Crippen LogP) is 4.39. The van der Waals surface area contributed by atoms with Crippen LogP contribution in [0, 0.1) is 5.82 Å². The van der Waals surface area contributed by atoms with E-state index in [4.69, 9.17) is 0 Å². The van der Waals surface area contributed by atoms with Gasteiger partial charge < -0.3 is 10.2 Å². The largest absolute Gasteiger partial charge is 0.369 e. The van der Waals surface area contributed by atoms with Gasteiger partial charge >= 0.3 is 6.03 Å². The second kappa shape index (κ2) is 9.72. The van der Waals surface area contributed by atoms with Crippen molar-refractivity contribution >= 4 is 28.3 Å². The van der Waals surface area contributed by atoms with Crippen LogP contribution in [0.3, 0.4) is 0 Å². The smallest absolute Gasteiger partial charge is 0.347 e. The lowest BCUT2D eigenvalue weighted by molar-refractivity contribution is 0.197. The zero-order chi connectivity index (χ0) is 24.5. The number of benzene rings is 3. The number of hydrogen-bond acceptors (Lipinski definition) is 5. The van der Waals surface area contributed by atoms with Gasteiger partial charge in [0.1, 0.15) is 5.82 Å². The molecule has 3 heterocycles. The molecule has 2 aliphatic heterocycles. The number of nitrogens with one attached hydrogen (secondary N) is 1. The van der Waals surface area contributed by atoms with E-state index in [0.717, 1.165) is 58.0 Å². The standard InChI is InChI=1S/C28H29FN6O/c29-24-9-8-21-18-30-35(27(21)16-24)28(36)31-25-6-3-7-26(17-25)34-14-12-32(13-15-34)10-11-33-19-22-4-1-2-5-23(22)20-33/h1-9,16-18H,10-15,19-20H2,(H,31,36). The Morgan fingerprint density at radius 3 is 2.39 bits per heavy atom. The van der Waals surface area contributed by atoms with Crippen molar-refractivity contribution < 1.29 is 9.18 Å². The summed E-state index contributed by atoms with van der Waals surface area (Å²) in [4.78, 5) is 20.2. The van der Waals surface area contributed by atoms with Gasteiger partial charge in [-0.2, -0.15) is 9.78 Å². The lowest BCUT2D eigenvalue weighted by atomic mass is 10.1. The molecule has 36 heavy (non-hydrogen) atoms. The number of carbonyl (C=O) groups is 1. The van der Waals surface area contributed by atoms with Crippen LogP contribution in [-0.4, -0.2) is 64.9 Å². The molecule has 8 heteroatoms. The fourth-order valence-corrected chi connectivity index (χ4v) is 5.18. The van der Waals surface area contributed by atoms with Gasteiger partial charge in [0.05, 0.1) is 11.7 Å². The van der Waals surface area contributed by atoms with Crippen LogP contribution < -0.4 is 10.2 Å². The van der Waals surface area contributed by atoms with E-state index in [1.807, 2.05) is 18.2 Å². The number of halogens is 1. The van der Waals surface area contributed by atoms with E-state index in [2.05, 4.69) is 55.4 Å². The van der Waals surface area contributed by atoms with Crippen LogP contribution in [-0.2, 0) is 13.1 Å². The van der Waals surface area contributed by atoms with Gasteiger partial charge in [0.15, 0.2) is 0 Å². The number of piperazine rings is 1. The van der Waals surface area contributed by atoms with E-state index in [0.29, 0.717) is 16.6 Å². The summed E-state index contributed by atoms with van der Waals surface area (Å²) in [5.74, 6) is -0.399. The molecule has 1 N–H and O–H groups in total. The van der Waals surface area contributed by atoms with Crippen molar-refractivity contribution in [3.63, 3.8) is 0 Å². The molecule has 0 bridgehead atoms. The maximum absolute atomic E-state index is 13.7. The molecule has 0 saturated carbocycles. The number of rotatable bonds is 5. The van der Waals surface area contributed by atoms with Crippen LogP contribution in [0.1, 0.15) is 11.1 Å². The third-order valence-electron chi connectivity index (χ3n) is 7.20. The SMILES string of the molecule is O=C(Nc1cccc(N2CCN(CCN3Cc4ccccc4C3)CC2)c1)n1ncc2ccc(F)cc21. The number of anilines is 2. The van der Waals surface area contributed by atoms with Crippen LogP contribution in [0.25, 0.3) is 10.9 Å². The van der Waals surface area contributed by atoms with E-state index in [9.17, 15) is 9.18 Å². The third kappa shape index (κ3) is 4.69. The Hall–Kier alpha value is -3.75. The normalized spacial score (nSPS) is 16.4. The van der Waals surface area contributed by atoms with E-state index in [1.54, 1.807) is 12.3 Å². The summed E-state index contributed by atoms with van der Waals surface area (Å²) in [5.41, 5.74) is 5.13. The van der Waals surface area contributed by atoms with Gasteiger partial charge in [-0.05, 0) is 41.5 Å². The molecule has 0 radical (unpaired) electrons. The van der Waals surface area contributed by atoms with Gasteiger partial charge in [0.2, 0.25) is 0 Å². The van der Waals surface area contributed by atoms with E-state index in [-0.39, 0.29) is 0 Å². The molecule has 184 valence electrons. The Bertz CT molecular complexity index is 1370. The maximum Gasteiger partial charge on any atom is 0.347 e. The molecule has 0 aliphatic carbocycles. The summed E-state index contributed by atoms with van der Waals surface area (Å²) < 4.78 is 14.9. The van der Waals surface area contributed by atoms with Gasteiger partial charge in [0.25, 0.3) is 0 Å². The number of aromatic nitrogens is 2. The molecule has 1 fully saturated rings. The summed E-state index contributed by atoms with van der Waals surface area (Å²) in [6.07, 6.45) is 1.56. The van der Waals surface area contributed by atoms with Crippen LogP contribution >= 0.6 is 0 Å². The number of hydrogen-bond donors (Lipinski definition) is 1. The molecule has 7 nitrogen and oxygen atoms in total. The number of nitrogens with zero attached hydrogens (tertiary/aromatic N) is 5. The number of amides is 1. The first-order valence-electron chi connectivity index (χ1n) is 12.4. The molecular weight excluding hydrogens is 455 g/mol. The Labute approximate surface area is 209 Å². The highest BCUT2D eigenvalue weighted by Gasteiger charge is 2.21. The summed E-state index contributed by atoms with van der Waals surface area (Å²) in [5, 5.41) is 7.74. The summed E-state index contributed by atoms with van der Waals surface area (Å²) in [7, 11) is 0. The molecule has 4 aromatic rings. The lowest BCUT2D eigenvalue weighted by Crippen LogP contribution is -2.48.